The number of aryl methyl sites for hydroxylation is 4. The Morgan fingerprint density at radius 3 is 1.24 bits per heavy atom. The van der Waals surface area contributed by atoms with Gasteiger partial charge in [0.2, 0.25) is 0 Å². The number of halogens is 3. The second-order valence-electron chi connectivity index (χ2n) is 21.9. The lowest BCUT2D eigenvalue weighted by Crippen LogP contribution is -2.13. The number of fused-ring (bicyclic) bond motifs is 6. The van der Waals surface area contributed by atoms with Gasteiger partial charge in [0, 0.05) is 32.7 Å². The topological polar surface area (TPSA) is 57.4 Å². The van der Waals surface area contributed by atoms with Crippen LogP contribution in [-0.2, 0) is 6.18 Å². The van der Waals surface area contributed by atoms with Crippen molar-refractivity contribution in [3.8, 4) is 56.9 Å². The van der Waals surface area contributed by atoms with Crippen molar-refractivity contribution in [1.82, 2.24) is 9.13 Å². The minimum absolute atomic E-state index is 0.145. The van der Waals surface area contributed by atoms with Crippen LogP contribution in [0.15, 0.2) is 186 Å². The molecule has 12 rings (SSSR count). The SMILES string of the molecule is CC1=CC(=c2ccc3c4ccc(=C5C=C(C)C=C(C)C5)cc4n(-c4cc(C#N)cc(-n5c6cc(-c7cc(C)cc(C)c7)ccc6c6ccc(-c7cc(C)cc(C)c7)cc65)c4-c4c(C#N)cccc4C(F)(F)F)c3c2)CC(C)=C1. The van der Waals surface area contributed by atoms with Crippen molar-refractivity contribution >= 4 is 54.8 Å². The van der Waals surface area contributed by atoms with Gasteiger partial charge in [-0.25, -0.2) is 0 Å². The first-order valence-corrected chi connectivity index (χ1v) is 26.4. The molecular weight excluding hydrogens is 966 g/mol. The maximum atomic E-state index is 16.2. The smallest absolute Gasteiger partial charge is 0.308 e. The predicted octanol–water partition coefficient (Wildman–Crippen LogP) is 17.8. The van der Waals surface area contributed by atoms with E-state index in [4.69, 9.17) is 0 Å². The summed E-state index contributed by atoms with van der Waals surface area (Å²) in [5.41, 5.74) is 17.9. The Labute approximate surface area is 452 Å². The first-order valence-electron chi connectivity index (χ1n) is 26.4. The second-order valence-corrected chi connectivity index (χ2v) is 21.9. The number of hydrogen-bond donors (Lipinski definition) is 0. The monoisotopic (exact) mass is 1020 g/mol. The zero-order valence-corrected chi connectivity index (χ0v) is 44.9. The van der Waals surface area contributed by atoms with Gasteiger partial charge in [0.25, 0.3) is 0 Å². The van der Waals surface area contributed by atoms with Crippen LogP contribution in [-0.4, -0.2) is 9.13 Å². The van der Waals surface area contributed by atoms with E-state index in [1.54, 1.807) is 12.1 Å². The summed E-state index contributed by atoms with van der Waals surface area (Å²) in [6.07, 6.45) is 5.34. The van der Waals surface area contributed by atoms with Crippen LogP contribution in [0.5, 0.6) is 0 Å². The molecule has 380 valence electrons. The van der Waals surface area contributed by atoms with E-state index >= 15 is 13.2 Å². The van der Waals surface area contributed by atoms with Crippen LogP contribution in [0.3, 0.4) is 0 Å². The molecule has 0 aliphatic heterocycles. The molecule has 0 saturated carbocycles. The molecule has 0 bridgehead atoms. The number of allylic oxidation sites excluding steroid dienone is 8. The fourth-order valence-electron chi connectivity index (χ4n) is 12.6. The van der Waals surface area contributed by atoms with Crippen LogP contribution >= 0.6 is 0 Å². The van der Waals surface area contributed by atoms with Gasteiger partial charge in [-0.2, -0.15) is 23.7 Å². The van der Waals surface area contributed by atoms with E-state index in [1.807, 2.05) is 4.57 Å². The fraction of sp³-hybridized carbons (Fsp3) is 0.155. The van der Waals surface area contributed by atoms with E-state index in [0.29, 0.717) is 11.4 Å². The molecule has 8 aromatic carbocycles. The highest BCUT2D eigenvalue weighted by molar-refractivity contribution is 6.13. The summed E-state index contributed by atoms with van der Waals surface area (Å²) in [6.45, 7) is 16.7. The number of nitrogens with zero attached hydrogens (tertiary/aromatic N) is 4. The molecule has 2 aliphatic carbocycles. The summed E-state index contributed by atoms with van der Waals surface area (Å²) in [5.74, 6) is 0. The van der Waals surface area contributed by atoms with Gasteiger partial charge in [0.05, 0.1) is 62.3 Å². The van der Waals surface area contributed by atoms with E-state index in [-0.39, 0.29) is 22.3 Å². The highest BCUT2D eigenvalue weighted by Gasteiger charge is 2.37. The summed E-state index contributed by atoms with van der Waals surface area (Å²) in [6, 6.07) is 50.2. The lowest BCUT2D eigenvalue weighted by Gasteiger charge is -2.24. The number of aromatic nitrogens is 2. The van der Waals surface area contributed by atoms with Gasteiger partial charge < -0.3 is 9.13 Å². The van der Waals surface area contributed by atoms with Crippen LogP contribution in [0.25, 0.3) is 99.5 Å². The van der Waals surface area contributed by atoms with Crippen LogP contribution in [0, 0.1) is 50.4 Å². The molecule has 10 aromatic rings. The quantitative estimate of drug-likeness (QED) is 0.172. The van der Waals surface area contributed by atoms with E-state index in [2.05, 4.69) is 206 Å². The number of hydrogen-bond acceptors (Lipinski definition) is 2. The number of nitriles is 2. The Morgan fingerprint density at radius 1 is 0.423 bits per heavy atom. The summed E-state index contributed by atoms with van der Waals surface area (Å²) in [7, 11) is 0. The molecule has 2 aromatic heterocycles. The molecule has 2 aliphatic rings. The molecule has 0 amide bonds. The third-order valence-corrected chi connectivity index (χ3v) is 15.5. The first-order chi connectivity index (χ1) is 37.4. The Kier molecular flexibility index (Phi) is 12.0. The summed E-state index contributed by atoms with van der Waals surface area (Å²) >= 11 is 0. The van der Waals surface area contributed by atoms with Gasteiger partial charge in [-0.05, 0) is 161 Å². The van der Waals surface area contributed by atoms with Crippen LogP contribution < -0.4 is 10.4 Å². The molecule has 7 heteroatoms. The Hall–Kier alpha value is -9.17. The lowest BCUT2D eigenvalue weighted by atomic mass is 9.90. The van der Waals surface area contributed by atoms with Gasteiger partial charge in [-0.15, -0.1) is 0 Å². The van der Waals surface area contributed by atoms with Crippen LogP contribution in [0.4, 0.5) is 13.2 Å². The largest absolute Gasteiger partial charge is 0.417 e. The molecule has 0 atom stereocenters. The van der Waals surface area contributed by atoms with E-state index in [1.165, 1.54) is 23.3 Å². The normalized spacial score (nSPS) is 15.3. The van der Waals surface area contributed by atoms with Gasteiger partial charge in [0.15, 0.2) is 0 Å². The van der Waals surface area contributed by atoms with Crippen LogP contribution in [0.1, 0.15) is 79.5 Å². The van der Waals surface area contributed by atoms with Gasteiger partial charge >= 0.3 is 6.18 Å². The second kappa shape index (κ2) is 18.8. The molecule has 0 radical (unpaired) electrons. The minimum atomic E-state index is -4.89. The molecule has 0 saturated heterocycles. The third-order valence-electron chi connectivity index (χ3n) is 15.5. The highest BCUT2D eigenvalue weighted by atomic mass is 19.4. The molecule has 2 heterocycles. The van der Waals surface area contributed by atoms with Crippen molar-refractivity contribution in [2.45, 2.75) is 74.4 Å². The van der Waals surface area contributed by atoms with E-state index < -0.39 is 11.7 Å². The standard InChI is InChI=1S/C71H55F3N4/c1-40-20-41(2)25-54(24-40)49-12-16-58-59-17-13-50(55-26-42(3)21-43(4)27-55)35-64(59)77(63(58)34-49)67-32-48(38-75)33-68(70(67)69-53(39-76)10-9-11-62(69)71(72,73)74)78-65-36-51(56-28-44(5)22-45(6)29-56)14-18-60(65)61-19-15-52(37-66(61)78)57-30-46(7)23-47(8)31-57/h9-28,30,32-37H,29,31H2,1-8H3. The van der Waals surface area contributed by atoms with Gasteiger partial charge in [-0.3, -0.25) is 0 Å². The van der Waals surface area contributed by atoms with E-state index in [0.717, 1.165) is 140 Å². The number of benzene rings is 8. The maximum Gasteiger partial charge on any atom is 0.417 e. The van der Waals surface area contributed by atoms with Crippen molar-refractivity contribution in [2.24, 2.45) is 0 Å². The molecule has 0 N–H and O–H groups in total. The van der Waals surface area contributed by atoms with Gasteiger partial charge in [-0.1, -0.05) is 160 Å². The molecule has 0 fully saturated rings. The average molecular weight is 1020 g/mol. The maximum absolute atomic E-state index is 16.2. The van der Waals surface area contributed by atoms with Crippen molar-refractivity contribution in [3.63, 3.8) is 0 Å². The summed E-state index contributed by atoms with van der Waals surface area (Å²) in [5, 5.41) is 28.0. The third kappa shape index (κ3) is 8.66. The Bertz CT molecular complexity index is 4380. The molecule has 0 unspecified atom stereocenters. The molecule has 78 heavy (non-hydrogen) atoms. The summed E-state index contributed by atoms with van der Waals surface area (Å²) in [4.78, 5) is 0. The minimum Gasteiger partial charge on any atom is -0.308 e. The number of alkyl halides is 3. The highest BCUT2D eigenvalue weighted by Crippen LogP contribution is 2.48. The number of rotatable bonds is 5. The lowest BCUT2D eigenvalue weighted by molar-refractivity contribution is -0.137. The van der Waals surface area contributed by atoms with Gasteiger partial charge in [0.1, 0.15) is 0 Å². The van der Waals surface area contributed by atoms with Crippen molar-refractivity contribution in [1.29, 1.82) is 10.5 Å². The summed E-state index contributed by atoms with van der Waals surface area (Å²) < 4.78 is 52.7. The zero-order chi connectivity index (χ0) is 54.5. The van der Waals surface area contributed by atoms with Crippen molar-refractivity contribution in [2.75, 3.05) is 0 Å². The predicted molar refractivity (Wildman–Crippen MR) is 315 cm³/mol. The van der Waals surface area contributed by atoms with Crippen molar-refractivity contribution < 1.29 is 13.2 Å². The first kappa shape index (κ1) is 49.7. The Morgan fingerprint density at radius 2 is 0.846 bits per heavy atom. The molecule has 0 spiro atoms. The molecule has 4 nitrogen and oxygen atoms in total. The van der Waals surface area contributed by atoms with Crippen LogP contribution in [0.2, 0.25) is 0 Å². The average Bonchev–Trinajstić information content (AvgIpc) is 3.93. The zero-order valence-electron chi connectivity index (χ0n) is 44.9. The molecular formula is C71H55F3N4. The Balaban J connectivity index is 1.31. The van der Waals surface area contributed by atoms with Crippen molar-refractivity contribution in [3.05, 3.63) is 236 Å². The fourth-order valence-corrected chi connectivity index (χ4v) is 12.6. The van der Waals surface area contributed by atoms with E-state index in [9.17, 15) is 10.5 Å².